The molecule has 96 valence electrons. The molecule has 1 aliphatic rings. The van der Waals surface area contributed by atoms with Crippen LogP contribution in [0.4, 0.5) is 0 Å². The van der Waals surface area contributed by atoms with Crippen molar-refractivity contribution >= 4 is 27.0 Å². The summed E-state index contributed by atoms with van der Waals surface area (Å²) < 4.78 is 7.01. The fraction of sp³-hybridized carbons (Fsp3) is 0.500. The van der Waals surface area contributed by atoms with Gasteiger partial charge in [-0.05, 0) is 44.0 Å². The lowest BCUT2D eigenvalue weighted by Gasteiger charge is -2.25. The second kappa shape index (κ2) is 4.67. The topological polar surface area (TPSA) is 38.1 Å². The second-order valence-electron chi connectivity index (χ2n) is 4.99. The Morgan fingerprint density at radius 1 is 1.50 bits per heavy atom. The molecular formula is C14H17BrN2O. The largest absolute Gasteiger partial charge is 0.439 e. The molecule has 0 bridgehead atoms. The van der Waals surface area contributed by atoms with Gasteiger partial charge in [0.25, 0.3) is 0 Å². The van der Waals surface area contributed by atoms with Crippen molar-refractivity contribution in [2.75, 3.05) is 6.54 Å². The van der Waals surface area contributed by atoms with Crippen LogP contribution >= 0.6 is 15.9 Å². The number of hydrogen-bond donors (Lipinski definition) is 1. The minimum absolute atomic E-state index is 0.0414. The number of fused-ring (bicyclic) bond motifs is 1. The molecule has 0 amide bonds. The van der Waals surface area contributed by atoms with Crippen LogP contribution in [-0.2, 0) is 5.54 Å². The van der Waals surface area contributed by atoms with Crippen LogP contribution in [-0.4, -0.2) is 11.5 Å². The van der Waals surface area contributed by atoms with E-state index >= 15 is 0 Å². The maximum Gasteiger partial charge on any atom is 0.215 e. The molecule has 0 saturated carbocycles. The van der Waals surface area contributed by atoms with Crippen LogP contribution in [0.25, 0.3) is 11.1 Å². The zero-order valence-electron chi connectivity index (χ0n) is 10.5. The van der Waals surface area contributed by atoms with Crippen LogP contribution in [0.5, 0.6) is 0 Å². The lowest BCUT2D eigenvalue weighted by Crippen LogP contribution is -2.36. The van der Waals surface area contributed by atoms with Gasteiger partial charge >= 0.3 is 0 Å². The van der Waals surface area contributed by atoms with Crippen molar-refractivity contribution in [3.05, 3.63) is 28.6 Å². The molecular weight excluding hydrogens is 292 g/mol. The van der Waals surface area contributed by atoms with Crippen molar-refractivity contribution in [2.45, 2.75) is 38.1 Å². The van der Waals surface area contributed by atoms with Gasteiger partial charge in [-0.3, -0.25) is 0 Å². The van der Waals surface area contributed by atoms with E-state index in [4.69, 9.17) is 4.42 Å². The molecule has 1 atom stereocenters. The molecule has 1 unspecified atom stereocenters. The summed E-state index contributed by atoms with van der Waals surface area (Å²) in [6, 6.07) is 5.98. The Bertz CT molecular complexity index is 558. The Balaban J connectivity index is 2.06. The van der Waals surface area contributed by atoms with Crippen molar-refractivity contribution in [3.8, 4) is 0 Å². The number of nitrogens with zero attached hydrogens (tertiary/aromatic N) is 1. The Kier molecular flexibility index (Phi) is 3.16. The monoisotopic (exact) mass is 308 g/mol. The zero-order valence-corrected chi connectivity index (χ0v) is 12.1. The summed E-state index contributed by atoms with van der Waals surface area (Å²) in [6.07, 6.45) is 4.54. The van der Waals surface area contributed by atoms with Crippen LogP contribution in [0, 0.1) is 0 Å². The predicted molar refractivity (Wildman–Crippen MR) is 75.5 cm³/mol. The molecule has 1 aromatic carbocycles. The number of aromatic nitrogens is 1. The number of nitrogens with one attached hydrogen (secondary N) is 1. The van der Waals surface area contributed by atoms with E-state index in [-0.39, 0.29) is 5.54 Å². The molecule has 2 aromatic rings. The van der Waals surface area contributed by atoms with Gasteiger partial charge in [0.2, 0.25) is 5.89 Å². The summed E-state index contributed by atoms with van der Waals surface area (Å²) in [5.74, 6) is 0.856. The SMILES string of the molecule is CCCC1(c2nc3cc(Br)ccc3o2)CCCN1. The van der Waals surface area contributed by atoms with Gasteiger partial charge in [0.05, 0.1) is 5.54 Å². The van der Waals surface area contributed by atoms with Crippen LogP contribution in [0.3, 0.4) is 0 Å². The molecule has 1 aliphatic heterocycles. The van der Waals surface area contributed by atoms with Gasteiger partial charge in [0.1, 0.15) is 5.52 Å². The number of oxazole rings is 1. The fourth-order valence-electron chi connectivity index (χ4n) is 2.84. The van der Waals surface area contributed by atoms with Crippen LogP contribution < -0.4 is 5.32 Å². The summed E-state index contributed by atoms with van der Waals surface area (Å²) in [5, 5.41) is 3.59. The van der Waals surface area contributed by atoms with Crippen molar-refractivity contribution < 1.29 is 4.42 Å². The molecule has 3 rings (SSSR count). The van der Waals surface area contributed by atoms with Crippen molar-refractivity contribution in [1.29, 1.82) is 0 Å². The average Bonchev–Trinajstić information content (AvgIpc) is 2.95. The van der Waals surface area contributed by atoms with E-state index in [2.05, 4.69) is 33.2 Å². The second-order valence-corrected chi connectivity index (χ2v) is 5.91. The normalized spacial score (nSPS) is 23.9. The standard InChI is InChI=1S/C14H17BrN2O/c1-2-6-14(7-3-8-16-14)13-17-11-9-10(15)4-5-12(11)18-13/h4-5,9,16H,2-3,6-8H2,1H3. The lowest BCUT2D eigenvalue weighted by atomic mass is 9.92. The first-order valence-corrected chi connectivity index (χ1v) is 7.34. The van der Waals surface area contributed by atoms with Gasteiger partial charge in [-0.15, -0.1) is 0 Å². The van der Waals surface area contributed by atoms with Crippen molar-refractivity contribution in [3.63, 3.8) is 0 Å². The quantitative estimate of drug-likeness (QED) is 0.932. The van der Waals surface area contributed by atoms with Crippen LogP contribution in [0.2, 0.25) is 0 Å². The highest BCUT2D eigenvalue weighted by molar-refractivity contribution is 9.10. The van der Waals surface area contributed by atoms with Gasteiger partial charge in [-0.2, -0.15) is 0 Å². The van der Waals surface area contributed by atoms with E-state index in [9.17, 15) is 0 Å². The molecule has 4 heteroatoms. The molecule has 1 fully saturated rings. The summed E-state index contributed by atoms with van der Waals surface area (Å²) in [6.45, 7) is 3.27. The lowest BCUT2D eigenvalue weighted by molar-refractivity contribution is 0.279. The van der Waals surface area contributed by atoms with Crippen LogP contribution in [0.15, 0.2) is 27.1 Å². The summed E-state index contributed by atoms with van der Waals surface area (Å²) >= 11 is 3.47. The number of benzene rings is 1. The van der Waals surface area contributed by atoms with Gasteiger partial charge in [-0.1, -0.05) is 29.3 Å². The molecule has 0 aliphatic carbocycles. The van der Waals surface area contributed by atoms with Gasteiger partial charge in [-0.25, -0.2) is 4.98 Å². The van der Waals surface area contributed by atoms with E-state index < -0.39 is 0 Å². The van der Waals surface area contributed by atoms with E-state index in [0.29, 0.717) is 0 Å². The highest BCUT2D eigenvalue weighted by atomic mass is 79.9. The maximum atomic E-state index is 5.97. The zero-order chi connectivity index (χ0) is 12.6. The first kappa shape index (κ1) is 12.2. The summed E-state index contributed by atoms with van der Waals surface area (Å²) in [7, 11) is 0. The molecule has 0 radical (unpaired) electrons. The Hall–Kier alpha value is -0.870. The minimum atomic E-state index is -0.0414. The Morgan fingerprint density at radius 3 is 3.11 bits per heavy atom. The summed E-state index contributed by atoms with van der Waals surface area (Å²) in [5.41, 5.74) is 1.76. The highest BCUT2D eigenvalue weighted by Gasteiger charge is 2.38. The molecule has 0 spiro atoms. The molecule has 1 aromatic heterocycles. The Labute approximate surface area is 115 Å². The van der Waals surface area contributed by atoms with E-state index in [1.807, 2.05) is 18.2 Å². The number of hydrogen-bond acceptors (Lipinski definition) is 3. The van der Waals surface area contributed by atoms with E-state index in [0.717, 1.165) is 47.3 Å². The highest BCUT2D eigenvalue weighted by Crippen LogP contribution is 2.36. The first-order chi connectivity index (χ1) is 8.73. The maximum absolute atomic E-state index is 5.97. The van der Waals surface area contributed by atoms with Crippen molar-refractivity contribution in [2.24, 2.45) is 0 Å². The van der Waals surface area contributed by atoms with Gasteiger partial charge in [0, 0.05) is 4.47 Å². The number of halogens is 1. The van der Waals surface area contributed by atoms with E-state index in [1.54, 1.807) is 0 Å². The third-order valence-electron chi connectivity index (χ3n) is 3.68. The average molecular weight is 309 g/mol. The molecule has 1 N–H and O–H groups in total. The molecule has 3 nitrogen and oxygen atoms in total. The van der Waals surface area contributed by atoms with Gasteiger partial charge < -0.3 is 9.73 Å². The van der Waals surface area contributed by atoms with E-state index in [1.165, 1.54) is 6.42 Å². The molecule has 2 heterocycles. The van der Waals surface area contributed by atoms with Crippen LogP contribution in [0.1, 0.15) is 38.5 Å². The van der Waals surface area contributed by atoms with Crippen molar-refractivity contribution in [1.82, 2.24) is 10.3 Å². The predicted octanol–water partition coefficient (Wildman–Crippen LogP) is 3.97. The smallest absolute Gasteiger partial charge is 0.215 e. The third-order valence-corrected chi connectivity index (χ3v) is 4.17. The number of rotatable bonds is 3. The van der Waals surface area contributed by atoms with Gasteiger partial charge in [0.15, 0.2) is 5.58 Å². The third kappa shape index (κ3) is 1.97. The first-order valence-electron chi connectivity index (χ1n) is 6.55. The summed E-state index contributed by atoms with van der Waals surface area (Å²) in [4.78, 5) is 4.69. The Morgan fingerprint density at radius 2 is 2.39 bits per heavy atom. The fourth-order valence-corrected chi connectivity index (χ4v) is 3.19. The molecule has 18 heavy (non-hydrogen) atoms. The molecule has 1 saturated heterocycles. The minimum Gasteiger partial charge on any atom is -0.439 e.